The van der Waals surface area contributed by atoms with Crippen molar-refractivity contribution in [2.45, 2.75) is 31.8 Å². The van der Waals surface area contributed by atoms with Crippen molar-refractivity contribution in [3.05, 3.63) is 36.1 Å². The third-order valence-electron chi connectivity index (χ3n) is 4.32. The summed E-state index contributed by atoms with van der Waals surface area (Å²) < 4.78 is 11.4. The van der Waals surface area contributed by atoms with Gasteiger partial charge in [-0.25, -0.2) is 4.79 Å². The quantitative estimate of drug-likeness (QED) is 0.807. The van der Waals surface area contributed by atoms with E-state index in [-0.39, 0.29) is 12.1 Å². The highest BCUT2D eigenvalue weighted by atomic mass is 16.6. The second-order valence-electron chi connectivity index (χ2n) is 6.40. The fraction of sp³-hybridized carbons (Fsp3) is 0.500. The van der Waals surface area contributed by atoms with Crippen LogP contribution in [0.25, 0.3) is 11.0 Å². The average Bonchev–Trinajstić information content (AvgIpc) is 2.93. The maximum absolute atomic E-state index is 12.4. The Morgan fingerprint density at radius 1 is 1.27 bits per heavy atom. The molecule has 1 heterocycles. The molecule has 1 aliphatic carbocycles. The molecule has 1 aromatic heterocycles. The lowest BCUT2D eigenvalue weighted by Crippen LogP contribution is -2.36. The van der Waals surface area contributed by atoms with Crippen LogP contribution in [0.5, 0.6) is 0 Å². The van der Waals surface area contributed by atoms with Gasteiger partial charge in [0.1, 0.15) is 11.7 Å². The van der Waals surface area contributed by atoms with Gasteiger partial charge in [0.15, 0.2) is 0 Å². The number of nitrogens with zero attached hydrogens (tertiary/aromatic N) is 1. The van der Waals surface area contributed by atoms with Crippen molar-refractivity contribution in [3.8, 4) is 0 Å². The number of fused-ring (bicyclic) bond motifs is 1. The molecule has 0 N–H and O–H groups in total. The SMILES string of the molecule is CN(C)CC1CCCCC1OC(=O)c1cc2ccccc2o1. The average molecular weight is 301 g/mol. The van der Waals surface area contributed by atoms with E-state index in [0.717, 1.165) is 36.8 Å². The van der Waals surface area contributed by atoms with Gasteiger partial charge in [-0.3, -0.25) is 0 Å². The summed E-state index contributed by atoms with van der Waals surface area (Å²) in [6.07, 6.45) is 4.41. The largest absolute Gasteiger partial charge is 0.456 e. The van der Waals surface area contributed by atoms with E-state index in [1.165, 1.54) is 6.42 Å². The lowest BCUT2D eigenvalue weighted by Gasteiger charge is -2.32. The standard InChI is InChI=1S/C18H23NO3/c1-19(2)12-14-8-4-6-10-16(14)22-18(20)17-11-13-7-3-5-9-15(13)21-17/h3,5,7,9,11,14,16H,4,6,8,10,12H2,1-2H3. The van der Waals surface area contributed by atoms with Crippen LogP contribution in [-0.2, 0) is 4.74 Å². The van der Waals surface area contributed by atoms with Gasteiger partial charge in [-0.05, 0) is 45.5 Å². The van der Waals surface area contributed by atoms with Crippen LogP contribution < -0.4 is 0 Å². The van der Waals surface area contributed by atoms with Crippen molar-refractivity contribution in [1.82, 2.24) is 4.90 Å². The molecule has 0 bridgehead atoms. The number of furan rings is 1. The predicted molar refractivity (Wildman–Crippen MR) is 85.9 cm³/mol. The monoisotopic (exact) mass is 301 g/mol. The lowest BCUT2D eigenvalue weighted by atomic mass is 9.86. The molecule has 4 nitrogen and oxygen atoms in total. The summed E-state index contributed by atoms with van der Waals surface area (Å²) in [5.41, 5.74) is 0.725. The van der Waals surface area contributed by atoms with E-state index in [0.29, 0.717) is 11.7 Å². The third-order valence-corrected chi connectivity index (χ3v) is 4.32. The number of para-hydroxylation sites is 1. The van der Waals surface area contributed by atoms with E-state index in [1.807, 2.05) is 24.3 Å². The van der Waals surface area contributed by atoms with Gasteiger partial charge in [0.25, 0.3) is 0 Å². The summed E-state index contributed by atoms with van der Waals surface area (Å²) in [4.78, 5) is 14.5. The number of esters is 1. The van der Waals surface area contributed by atoms with Gasteiger partial charge >= 0.3 is 5.97 Å². The number of ether oxygens (including phenoxy) is 1. The molecule has 4 heteroatoms. The Balaban J connectivity index is 1.71. The maximum Gasteiger partial charge on any atom is 0.374 e. The van der Waals surface area contributed by atoms with Crippen LogP contribution in [0.1, 0.15) is 36.2 Å². The smallest absolute Gasteiger partial charge is 0.374 e. The number of carbonyl (C=O) groups is 1. The Kier molecular flexibility index (Phi) is 4.48. The summed E-state index contributed by atoms with van der Waals surface area (Å²) >= 11 is 0. The minimum absolute atomic E-state index is 0.00291. The molecule has 2 aromatic rings. The molecule has 1 aliphatic rings. The number of rotatable bonds is 4. The van der Waals surface area contributed by atoms with Gasteiger partial charge in [-0.2, -0.15) is 0 Å². The normalized spacial score (nSPS) is 22.1. The summed E-state index contributed by atoms with van der Waals surface area (Å²) in [6.45, 7) is 0.956. The van der Waals surface area contributed by atoms with Crippen molar-refractivity contribution in [1.29, 1.82) is 0 Å². The molecule has 2 unspecified atom stereocenters. The van der Waals surface area contributed by atoms with E-state index >= 15 is 0 Å². The van der Waals surface area contributed by atoms with Gasteiger partial charge in [-0.15, -0.1) is 0 Å². The highest BCUT2D eigenvalue weighted by Gasteiger charge is 2.29. The van der Waals surface area contributed by atoms with E-state index in [4.69, 9.17) is 9.15 Å². The zero-order valence-corrected chi connectivity index (χ0v) is 13.2. The fourth-order valence-electron chi connectivity index (χ4n) is 3.28. The summed E-state index contributed by atoms with van der Waals surface area (Å²) in [5, 5.41) is 0.933. The highest BCUT2D eigenvalue weighted by Crippen LogP contribution is 2.29. The third kappa shape index (κ3) is 3.33. The Morgan fingerprint density at radius 2 is 2.05 bits per heavy atom. The molecule has 1 aromatic carbocycles. The first kappa shape index (κ1) is 15.1. The van der Waals surface area contributed by atoms with Gasteiger partial charge in [0.2, 0.25) is 5.76 Å². The van der Waals surface area contributed by atoms with Crippen LogP contribution in [0, 0.1) is 5.92 Å². The molecule has 1 fully saturated rings. The Labute approximate surface area is 131 Å². The number of hydrogen-bond acceptors (Lipinski definition) is 4. The predicted octanol–water partition coefficient (Wildman–Crippen LogP) is 3.71. The Bertz CT molecular complexity index is 614. The van der Waals surface area contributed by atoms with Crippen molar-refractivity contribution >= 4 is 16.9 Å². The van der Waals surface area contributed by atoms with Crippen LogP contribution in [0.4, 0.5) is 0 Å². The van der Waals surface area contributed by atoms with E-state index in [2.05, 4.69) is 19.0 Å². The molecule has 0 radical (unpaired) electrons. The second-order valence-corrected chi connectivity index (χ2v) is 6.40. The molecule has 0 amide bonds. The molecule has 0 saturated heterocycles. The van der Waals surface area contributed by atoms with Crippen molar-refractivity contribution in [2.75, 3.05) is 20.6 Å². The first-order valence-electron chi connectivity index (χ1n) is 7.98. The van der Waals surface area contributed by atoms with E-state index < -0.39 is 0 Å². The first-order valence-corrected chi connectivity index (χ1v) is 7.98. The van der Waals surface area contributed by atoms with Crippen molar-refractivity contribution in [3.63, 3.8) is 0 Å². The molecule has 2 atom stereocenters. The highest BCUT2D eigenvalue weighted by molar-refractivity contribution is 5.92. The van der Waals surface area contributed by atoms with Crippen molar-refractivity contribution < 1.29 is 13.9 Å². The fourth-order valence-corrected chi connectivity index (χ4v) is 3.28. The molecule has 22 heavy (non-hydrogen) atoms. The molecule has 0 spiro atoms. The van der Waals surface area contributed by atoms with Crippen LogP contribution in [0.15, 0.2) is 34.7 Å². The van der Waals surface area contributed by atoms with Crippen molar-refractivity contribution in [2.24, 2.45) is 5.92 Å². The zero-order chi connectivity index (χ0) is 15.5. The molecule has 118 valence electrons. The summed E-state index contributed by atoms with van der Waals surface area (Å²) in [7, 11) is 4.12. The second kappa shape index (κ2) is 6.53. The van der Waals surface area contributed by atoms with Gasteiger partial charge in [-0.1, -0.05) is 24.6 Å². The number of carbonyl (C=O) groups excluding carboxylic acids is 1. The minimum atomic E-state index is -0.341. The maximum atomic E-state index is 12.4. The van der Waals surface area contributed by atoms with Gasteiger partial charge in [0, 0.05) is 17.8 Å². The van der Waals surface area contributed by atoms with E-state index in [1.54, 1.807) is 6.07 Å². The van der Waals surface area contributed by atoms with Crippen LogP contribution in [-0.4, -0.2) is 37.6 Å². The topological polar surface area (TPSA) is 42.7 Å². The van der Waals surface area contributed by atoms with Gasteiger partial charge < -0.3 is 14.1 Å². The summed E-state index contributed by atoms with van der Waals surface area (Å²) in [5.74, 6) is 0.374. The molecular weight excluding hydrogens is 278 g/mol. The minimum Gasteiger partial charge on any atom is -0.456 e. The molecular formula is C18H23NO3. The number of hydrogen-bond donors (Lipinski definition) is 0. The molecule has 0 aliphatic heterocycles. The molecule has 3 rings (SSSR count). The Morgan fingerprint density at radius 3 is 2.82 bits per heavy atom. The zero-order valence-electron chi connectivity index (χ0n) is 13.2. The first-order chi connectivity index (χ1) is 10.6. The van der Waals surface area contributed by atoms with E-state index in [9.17, 15) is 4.79 Å². The molecule has 1 saturated carbocycles. The Hall–Kier alpha value is -1.81. The van der Waals surface area contributed by atoms with Crippen LogP contribution >= 0.6 is 0 Å². The lowest BCUT2D eigenvalue weighted by molar-refractivity contribution is -0.00587. The number of benzene rings is 1. The van der Waals surface area contributed by atoms with Crippen LogP contribution in [0.3, 0.4) is 0 Å². The van der Waals surface area contributed by atoms with Crippen LogP contribution in [0.2, 0.25) is 0 Å². The summed E-state index contributed by atoms with van der Waals surface area (Å²) in [6, 6.07) is 9.39. The van der Waals surface area contributed by atoms with Gasteiger partial charge in [0.05, 0.1) is 0 Å².